The lowest BCUT2D eigenvalue weighted by atomic mass is 9.98. The number of aliphatic imine (C=N–C) groups is 1. The van der Waals surface area contributed by atoms with Crippen LogP contribution in [-0.4, -0.2) is 70.1 Å². The normalized spacial score (nSPS) is 21.0. The van der Waals surface area contributed by atoms with Crippen molar-refractivity contribution >= 4 is 15.8 Å². The first-order valence-electron chi connectivity index (χ1n) is 8.60. The molecule has 6 nitrogen and oxygen atoms in total. The molecule has 1 fully saturated rings. The zero-order valence-corrected chi connectivity index (χ0v) is 16.1. The van der Waals surface area contributed by atoms with Crippen LogP contribution >= 0.6 is 0 Å². The molecular formula is C16H34N4O2S. The van der Waals surface area contributed by atoms with Gasteiger partial charge in [0.15, 0.2) is 5.96 Å². The highest BCUT2D eigenvalue weighted by atomic mass is 32.2. The molecule has 0 aromatic heterocycles. The van der Waals surface area contributed by atoms with Crippen molar-refractivity contribution in [1.29, 1.82) is 0 Å². The van der Waals surface area contributed by atoms with E-state index in [1.807, 2.05) is 6.92 Å². The summed E-state index contributed by atoms with van der Waals surface area (Å²) in [6.07, 6.45) is 4.41. The molecule has 0 spiro atoms. The van der Waals surface area contributed by atoms with Gasteiger partial charge in [-0.3, -0.25) is 9.89 Å². The minimum Gasteiger partial charge on any atom is -0.355 e. The summed E-state index contributed by atoms with van der Waals surface area (Å²) in [4.78, 5) is 6.75. The zero-order chi connectivity index (χ0) is 17.5. The molecule has 23 heavy (non-hydrogen) atoms. The summed E-state index contributed by atoms with van der Waals surface area (Å²) in [6.45, 7) is 9.72. The monoisotopic (exact) mass is 346 g/mol. The summed E-state index contributed by atoms with van der Waals surface area (Å²) in [5.74, 6) is 1.78. The minimum absolute atomic E-state index is 0.0714. The van der Waals surface area contributed by atoms with Crippen LogP contribution in [0.4, 0.5) is 0 Å². The molecule has 1 aliphatic heterocycles. The maximum absolute atomic E-state index is 11.2. The minimum atomic E-state index is -2.91. The Morgan fingerprint density at radius 2 is 1.91 bits per heavy atom. The second-order valence-electron chi connectivity index (χ2n) is 6.98. The van der Waals surface area contributed by atoms with E-state index in [1.165, 1.54) is 32.2 Å². The molecule has 1 rings (SSSR count). The van der Waals surface area contributed by atoms with Gasteiger partial charge in [-0.25, -0.2) is 8.42 Å². The van der Waals surface area contributed by atoms with Gasteiger partial charge in [-0.1, -0.05) is 6.92 Å². The molecule has 136 valence electrons. The number of hydrogen-bond donors (Lipinski definition) is 2. The van der Waals surface area contributed by atoms with Gasteiger partial charge in [0.25, 0.3) is 0 Å². The fraction of sp³-hybridized carbons (Fsp3) is 0.938. The lowest BCUT2D eigenvalue weighted by molar-refractivity contribution is 0.147. The van der Waals surface area contributed by atoms with Crippen molar-refractivity contribution in [3.8, 4) is 0 Å². The second-order valence-corrected chi connectivity index (χ2v) is 9.24. The molecule has 1 saturated heterocycles. The van der Waals surface area contributed by atoms with Crippen molar-refractivity contribution in [2.75, 3.05) is 38.7 Å². The van der Waals surface area contributed by atoms with Crippen molar-refractivity contribution in [2.45, 2.75) is 52.1 Å². The van der Waals surface area contributed by atoms with E-state index >= 15 is 0 Å². The summed E-state index contributed by atoms with van der Waals surface area (Å²) in [5.41, 5.74) is 0. The van der Waals surface area contributed by atoms with Crippen LogP contribution < -0.4 is 10.6 Å². The average molecular weight is 347 g/mol. The van der Waals surface area contributed by atoms with Crippen LogP contribution in [0.15, 0.2) is 4.99 Å². The Bertz CT molecular complexity index is 470. The van der Waals surface area contributed by atoms with Gasteiger partial charge in [0.2, 0.25) is 0 Å². The van der Waals surface area contributed by atoms with Crippen LogP contribution in [0.5, 0.6) is 0 Å². The highest BCUT2D eigenvalue weighted by Crippen LogP contribution is 2.17. The molecule has 1 heterocycles. The summed E-state index contributed by atoms with van der Waals surface area (Å²) in [6, 6.07) is 0.537. The van der Waals surface area contributed by atoms with Gasteiger partial charge in [0.1, 0.15) is 9.84 Å². The molecular weight excluding hydrogens is 312 g/mol. The highest BCUT2D eigenvalue weighted by Gasteiger charge is 2.20. The SMILES string of the molecule is CN=C(NCC(C)N1CCC(C)CC1)NC(C)CCS(C)(=O)=O. The number of nitrogens with zero attached hydrogens (tertiary/aromatic N) is 2. The third-order valence-corrected chi connectivity index (χ3v) is 5.51. The number of sulfone groups is 1. The van der Waals surface area contributed by atoms with E-state index in [1.54, 1.807) is 7.05 Å². The van der Waals surface area contributed by atoms with E-state index in [4.69, 9.17) is 0 Å². The molecule has 0 saturated carbocycles. The first kappa shape index (κ1) is 20.2. The third-order valence-electron chi connectivity index (χ3n) is 4.53. The van der Waals surface area contributed by atoms with Crippen LogP contribution in [-0.2, 0) is 9.84 Å². The van der Waals surface area contributed by atoms with Crippen LogP contribution in [0.3, 0.4) is 0 Å². The number of piperidine rings is 1. The number of guanidine groups is 1. The fourth-order valence-corrected chi connectivity index (χ4v) is 3.52. The van der Waals surface area contributed by atoms with Crippen LogP contribution in [0, 0.1) is 5.92 Å². The highest BCUT2D eigenvalue weighted by molar-refractivity contribution is 7.90. The van der Waals surface area contributed by atoms with E-state index in [9.17, 15) is 8.42 Å². The zero-order valence-electron chi connectivity index (χ0n) is 15.3. The maximum atomic E-state index is 11.2. The molecule has 1 aliphatic rings. The maximum Gasteiger partial charge on any atom is 0.191 e. The molecule has 2 atom stereocenters. The van der Waals surface area contributed by atoms with Gasteiger partial charge in [-0.15, -0.1) is 0 Å². The second kappa shape index (κ2) is 9.47. The smallest absolute Gasteiger partial charge is 0.191 e. The Kier molecular flexibility index (Phi) is 8.33. The van der Waals surface area contributed by atoms with Crippen molar-refractivity contribution in [1.82, 2.24) is 15.5 Å². The average Bonchev–Trinajstić information content (AvgIpc) is 2.49. The largest absolute Gasteiger partial charge is 0.355 e. The van der Waals surface area contributed by atoms with E-state index in [0.717, 1.165) is 18.4 Å². The van der Waals surface area contributed by atoms with E-state index in [2.05, 4.69) is 34.4 Å². The predicted octanol–water partition coefficient (Wildman–Crippen LogP) is 1.10. The summed E-state index contributed by atoms with van der Waals surface area (Å²) >= 11 is 0. The molecule has 7 heteroatoms. The topological polar surface area (TPSA) is 73.8 Å². The Morgan fingerprint density at radius 3 is 2.43 bits per heavy atom. The molecule has 0 bridgehead atoms. The van der Waals surface area contributed by atoms with Crippen molar-refractivity contribution < 1.29 is 8.42 Å². The number of rotatable bonds is 7. The third kappa shape index (κ3) is 8.55. The molecule has 0 aromatic carbocycles. The first-order chi connectivity index (χ1) is 10.7. The standard InChI is InChI=1S/C16H34N4O2S/c1-13-6-9-20(10-7-13)15(3)12-18-16(17-4)19-14(2)8-11-23(5,21)22/h13-15H,6-12H2,1-5H3,(H2,17,18,19). The van der Waals surface area contributed by atoms with Gasteiger partial charge in [0.05, 0.1) is 5.75 Å². The van der Waals surface area contributed by atoms with Gasteiger partial charge >= 0.3 is 0 Å². The first-order valence-corrected chi connectivity index (χ1v) is 10.7. The number of hydrogen-bond acceptors (Lipinski definition) is 4. The Balaban J connectivity index is 2.33. The molecule has 0 amide bonds. The predicted molar refractivity (Wildman–Crippen MR) is 97.7 cm³/mol. The quantitative estimate of drug-likeness (QED) is 0.533. The fourth-order valence-electron chi connectivity index (χ4n) is 2.73. The van der Waals surface area contributed by atoms with Gasteiger partial charge < -0.3 is 10.6 Å². The molecule has 2 unspecified atom stereocenters. The van der Waals surface area contributed by atoms with Crippen molar-refractivity contribution in [3.63, 3.8) is 0 Å². The van der Waals surface area contributed by atoms with Crippen LogP contribution in [0.25, 0.3) is 0 Å². The molecule has 0 aromatic rings. The van der Waals surface area contributed by atoms with Crippen LogP contribution in [0.1, 0.15) is 40.0 Å². The molecule has 0 aliphatic carbocycles. The van der Waals surface area contributed by atoms with E-state index in [-0.39, 0.29) is 11.8 Å². The summed E-state index contributed by atoms with van der Waals surface area (Å²) in [7, 11) is -1.17. The summed E-state index contributed by atoms with van der Waals surface area (Å²) < 4.78 is 22.5. The van der Waals surface area contributed by atoms with Gasteiger partial charge in [0, 0.05) is 31.9 Å². The number of likely N-dealkylation sites (tertiary alicyclic amines) is 1. The lowest BCUT2D eigenvalue weighted by Crippen LogP contribution is -2.49. The Labute approximate surface area is 142 Å². The van der Waals surface area contributed by atoms with Crippen LogP contribution in [0.2, 0.25) is 0 Å². The number of nitrogens with one attached hydrogen (secondary N) is 2. The summed E-state index contributed by atoms with van der Waals surface area (Å²) in [5, 5.41) is 6.61. The van der Waals surface area contributed by atoms with Crippen molar-refractivity contribution in [2.24, 2.45) is 10.9 Å². The van der Waals surface area contributed by atoms with E-state index in [0.29, 0.717) is 12.5 Å². The molecule has 2 N–H and O–H groups in total. The lowest BCUT2D eigenvalue weighted by Gasteiger charge is -2.35. The molecule has 0 radical (unpaired) electrons. The van der Waals surface area contributed by atoms with E-state index < -0.39 is 9.84 Å². The van der Waals surface area contributed by atoms with Gasteiger partial charge in [-0.05, 0) is 52.1 Å². The van der Waals surface area contributed by atoms with Gasteiger partial charge in [-0.2, -0.15) is 0 Å². The Hall–Kier alpha value is -0.820. The Morgan fingerprint density at radius 1 is 1.30 bits per heavy atom. The van der Waals surface area contributed by atoms with Crippen molar-refractivity contribution in [3.05, 3.63) is 0 Å².